The van der Waals surface area contributed by atoms with E-state index < -0.39 is 0 Å². The smallest absolute Gasteiger partial charge is 0.143 e. The summed E-state index contributed by atoms with van der Waals surface area (Å²) in [6.45, 7) is 4.09. The fourth-order valence-electron chi connectivity index (χ4n) is 4.29. The Labute approximate surface area is 242 Å². The molecule has 0 amide bonds. The monoisotopic (exact) mass is 581 g/mol. The van der Waals surface area contributed by atoms with Crippen LogP contribution in [0.2, 0.25) is 10.0 Å². The summed E-state index contributed by atoms with van der Waals surface area (Å²) in [5, 5.41) is 7.11. The molecule has 4 N–H and O–H groups in total. The van der Waals surface area contributed by atoms with E-state index in [1.807, 2.05) is 37.3 Å². The van der Waals surface area contributed by atoms with Crippen molar-refractivity contribution < 1.29 is 14.2 Å². The van der Waals surface area contributed by atoms with E-state index in [0.717, 1.165) is 18.8 Å². The lowest BCUT2D eigenvalue weighted by molar-refractivity contribution is 0.0389. The lowest BCUT2D eigenvalue weighted by atomic mass is 10.1. The number of likely N-dealkylation sites (tertiary alicyclic amines) is 1. The van der Waals surface area contributed by atoms with E-state index >= 15 is 0 Å². The third-order valence-electron chi connectivity index (χ3n) is 6.27. The van der Waals surface area contributed by atoms with Crippen LogP contribution in [0.4, 0.5) is 28.7 Å². The first-order valence-corrected chi connectivity index (χ1v) is 13.4. The molecule has 5 rings (SSSR count). The van der Waals surface area contributed by atoms with Crippen LogP contribution in [0, 0.1) is 0 Å². The van der Waals surface area contributed by atoms with Crippen molar-refractivity contribution >= 4 is 51.9 Å². The maximum absolute atomic E-state index is 6.64. The summed E-state index contributed by atoms with van der Waals surface area (Å²) < 4.78 is 17.1. The summed E-state index contributed by atoms with van der Waals surface area (Å²) in [5.41, 5.74) is 9.27. The Morgan fingerprint density at radius 1 is 1.02 bits per heavy atom. The first-order chi connectivity index (χ1) is 19.4. The topological polar surface area (TPSA) is 120 Å². The second-order valence-corrected chi connectivity index (χ2v) is 9.92. The van der Waals surface area contributed by atoms with Crippen molar-refractivity contribution in [3.8, 4) is 28.5 Å². The maximum Gasteiger partial charge on any atom is 0.143 e. The van der Waals surface area contributed by atoms with Crippen LogP contribution in [0.1, 0.15) is 6.92 Å². The minimum atomic E-state index is 0.183. The minimum Gasteiger partial charge on any atom is -0.495 e. The van der Waals surface area contributed by atoms with Gasteiger partial charge in [0.15, 0.2) is 0 Å². The summed E-state index contributed by atoms with van der Waals surface area (Å²) in [4.78, 5) is 15.5. The Hall–Kier alpha value is -3.99. The van der Waals surface area contributed by atoms with Gasteiger partial charge in [-0.15, -0.1) is 0 Å². The van der Waals surface area contributed by atoms with Crippen LogP contribution >= 0.6 is 23.2 Å². The first-order valence-electron chi connectivity index (χ1n) is 12.6. The number of rotatable bonds is 10. The summed E-state index contributed by atoms with van der Waals surface area (Å²) in [5.74, 6) is 2.62. The maximum atomic E-state index is 6.64. The lowest BCUT2D eigenvalue weighted by Gasteiger charge is -2.36. The number of nitrogens with one attached hydrogen (secondary N) is 2. The molecule has 208 valence electrons. The van der Waals surface area contributed by atoms with Gasteiger partial charge in [0.05, 0.1) is 36.5 Å². The number of methoxy groups -OCH3 is 1. The van der Waals surface area contributed by atoms with Crippen molar-refractivity contribution in [1.29, 1.82) is 0 Å². The standard InChI is InChI=1S/C28H29Cl2N7O3/c1-4-39-23-12-22(38-3)25(29)27(26(23)30)36-28-18(6-5-9-32-28)21-11-24(34-15-33-21)35-20-8-7-16(10-19(20)31)40-17-13-37(2)14-17/h5-12,15,17H,4,13-14,31H2,1-3H3,(H,32,36)(H,33,34,35). The zero-order chi connectivity index (χ0) is 28.2. The van der Waals surface area contributed by atoms with E-state index in [2.05, 4.69) is 37.5 Å². The quantitative estimate of drug-likeness (QED) is 0.192. The Morgan fingerprint density at radius 3 is 2.55 bits per heavy atom. The van der Waals surface area contributed by atoms with E-state index in [-0.39, 0.29) is 6.10 Å². The normalized spacial score (nSPS) is 13.4. The molecule has 0 radical (unpaired) electrons. The van der Waals surface area contributed by atoms with Crippen molar-refractivity contribution in [3.63, 3.8) is 0 Å². The number of hydrogen-bond acceptors (Lipinski definition) is 10. The van der Waals surface area contributed by atoms with Gasteiger partial charge in [-0.1, -0.05) is 23.2 Å². The highest BCUT2D eigenvalue weighted by Gasteiger charge is 2.25. The number of anilines is 5. The van der Waals surface area contributed by atoms with Crippen LogP contribution in [0.3, 0.4) is 0 Å². The zero-order valence-corrected chi connectivity index (χ0v) is 23.8. The molecule has 0 saturated carbocycles. The Balaban J connectivity index is 1.40. The molecule has 40 heavy (non-hydrogen) atoms. The number of nitrogens with zero attached hydrogens (tertiary/aromatic N) is 4. The van der Waals surface area contributed by atoms with Gasteiger partial charge < -0.3 is 30.6 Å². The van der Waals surface area contributed by atoms with Crippen LogP contribution in [0.25, 0.3) is 11.3 Å². The minimum absolute atomic E-state index is 0.183. The number of aromatic nitrogens is 3. The molecule has 1 saturated heterocycles. The van der Waals surface area contributed by atoms with Crippen molar-refractivity contribution in [1.82, 2.24) is 19.9 Å². The van der Waals surface area contributed by atoms with Gasteiger partial charge in [-0.3, -0.25) is 4.90 Å². The molecule has 2 aromatic heterocycles. The second-order valence-electron chi connectivity index (χ2n) is 9.16. The third-order valence-corrected chi connectivity index (χ3v) is 7.02. The van der Waals surface area contributed by atoms with Crippen molar-refractivity contribution in [2.75, 3.05) is 50.2 Å². The van der Waals surface area contributed by atoms with E-state index in [1.54, 1.807) is 18.3 Å². The number of benzene rings is 2. The SMILES string of the molecule is CCOc1cc(OC)c(Cl)c(Nc2ncccc2-c2cc(Nc3ccc(OC4CN(C)C4)cc3N)ncn2)c1Cl. The molecular formula is C28H29Cl2N7O3. The van der Waals surface area contributed by atoms with Gasteiger partial charge in [0.25, 0.3) is 0 Å². The zero-order valence-electron chi connectivity index (χ0n) is 22.2. The molecule has 3 heterocycles. The van der Waals surface area contributed by atoms with Gasteiger partial charge in [0.1, 0.15) is 51.4 Å². The predicted octanol–water partition coefficient (Wildman–Crippen LogP) is 6.01. The van der Waals surface area contributed by atoms with Crippen LogP contribution in [0.5, 0.6) is 17.2 Å². The van der Waals surface area contributed by atoms with Gasteiger partial charge in [-0.25, -0.2) is 15.0 Å². The molecule has 12 heteroatoms. The highest BCUT2D eigenvalue weighted by atomic mass is 35.5. The average Bonchev–Trinajstić information content (AvgIpc) is 2.93. The summed E-state index contributed by atoms with van der Waals surface area (Å²) in [7, 11) is 3.58. The highest BCUT2D eigenvalue weighted by molar-refractivity contribution is 6.41. The molecule has 1 aliphatic heterocycles. The average molecular weight is 582 g/mol. The largest absolute Gasteiger partial charge is 0.495 e. The molecule has 0 unspecified atom stereocenters. The number of likely N-dealkylation sites (N-methyl/N-ethyl adjacent to an activating group) is 1. The van der Waals surface area contributed by atoms with Gasteiger partial charge >= 0.3 is 0 Å². The van der Waals surface area contributed by atoms with Gasteiger partial charge in [-0.2, -0.15) is 0 Å². The van der Waals surface area contributed by atoms with Gasteiger partial charge in [0, 0.05) is 43.0 Å². The Bertz CT molecular complexity index is 1520. The van der Waals surface area contributed by atoms with Crippen molar-refractivity contribution in [2.45, 2.75) is 13.0 Å². The number of pyridine rings is 1. The molecule has 0 atom stereocenters. The van der Waals surface area contributed by atoms with Gasteiger partial charge in [-0.05, 0) is 38.2 Å². The number of halogens is 2. The summed E-state index contributed by atoms with van der Waals surface area (Å²) in [6, 6.07) is 12.7. The molecule has 0 bridgehead atoms. The summed E-state index contributed by atoms with van der Waals surface area (Å²) in [6.07, 6.45) is 3.31. The molecule has 10 nitrogen and oxygen atoms in total. The van der Waals surface area contributed by atoms with Crippen molar-refractivity contribution in [2.24, 2.45) is 0 Å². The highest BCUT2D eigenvalue weighted by Crippen LogP contribution is 2.46. The number of hydrogen-bond donors (Lipinski definition) is 3. The number of ether oxygens (including phenoxy) is 3. The lowest BCUT2D eigenvalue weighted by Crippen LogP contribution is -2.51. The fourth-order valence-corrected chi connectivity index (χ4v) is 4.86. The molecule has 1 fully saturated rings. The Morgan fingerprint density at radius 2 is 1.82 bits per heavy atom. The van der Waals surface area contributed by atoms with Crippen LogP contribution in [0.15, 0.2) is 55.0 Å². The van der Waals surface area contributed by atoms with Crippen molar-refractivity contribution in [3.05, 3.63) is 65.0 Å². The number of nitrogen functional groups attached to an aromatic ring is 1. The van der Waals surface area contributed by atoms with E-state index in [4.69, 9.17) is 43.1 Å². The van der Waals surface area contributed by atoms with E-state index in [1.165, 1.54) is 13.4 Å². The number of nitrogens with two attached hydrogens (primary N) is 1. The second kappa shape index (κ2) is 12.0. The molecular weight excluding hydrogens is 553 g/mol. The van der Waals surface area contributed by atoms with Crippen LogP contribution in [-0.4, -0.2) is 59.8 Å². The first kappa shape index (κ1) is 27.6. The molecule has 2 aromatic carbocycles. The summed E-state index contributed by atoms with van der Waals surface area (Å²) >= 11 is 13.3. The third kappa shape index (κ3) is 5.94. The fraction of sp³-hybridized carbons (Fsp3) is 0.250. The van der Waals surface area contributed by atoms with Crippen LogP contribution in [-0.2, 0) is 0 Å². The molecule has 1 aliphatic rings. The van der Waals surface area contributed by atoms with Crippen LogP contribution < -0.4 is 30.6 Å². The van der Waals surface area contributed by atoms with E-state index in [0.29, 0.717) is 68.1 Å². The Kier molecular flexibility index (Phi) is 8.29. The van der Waals surface area contributed by atoms with E-state index in [9.17, 15) is 0 Å². The molecule has 0 spiro atoms. The predicted molar refractivity (Wildman–Crippen MR) is 159 cm³/mol. The molecule has 4 aromatic rings. The van der Waals surface area contributed by atoms with Gasteiger partial charge in [0.2, 0.25) is 0 Å². The molecule has 0 aliphatic carbocycles.